The number of methoxy groups -OCH3 is 2. The third-order valence-electron chi connectivity index (χ3n) is 3.32. The number of hydrogen-bond donors (Lipinski definition) is 1. The van der Waals surface area contributed by atoms with Crippen LogP contribution in [0.1, 0.15) is 19.8 Å². The maximum atomic E-state index is 12.0. The van der Waals surface area contributed by atoms with Crippen LogP contribution in [-0.2, 0) is 9.53 Å². The van der Waals surface area contributed by atoms with Crippen molar-refractivity contribution in [3.63, 3.8) is 0 Å². The maximum absolute atomic E-state index is 12.0. The predicted octanol–water partition coefficient (Wildman–Crippen LogP) is 1.76. The molecular weight excluding hydrogens is 258 g/mol. The van der Waals surface area contributed by atoms with E-state index in [1.54, 1.807) is 14.0 Å². The quantitative estimate of drug-likeness (QED) is 0.771. The highest BCUT2D eigenvalue weighted by Gasteiger charge is 2.40. The summed E-state index contributed by atoms with van der Waals surface area (Å²) in [7, 11) is 2.97. The zero-order chi connectivity index (χ0) is 14.6. The van der Waals surface area contributed by atoms with Gasteiger partial charge in [-0.2, -0.15) is 0 Å². The summed E-state index contributed by atoms with van der Waals surface area (Å²) < 4.78 is 15.9. The molecular formula is C15H21NO4. The second-order valence-corrected chi connectivity index (χ2v) is 5.18. The molecule has 110 valence electrons. The van der Waals surface area contributed by atoms with E-state index in [0.29, 0.717) is 17.5 Å². The number of carbonyl (C=O) groups is 1. The van der Waals surface area contributed by atoms with E-state index in [-0.39, 0.29) is 12.6 Å². The Morgan fingerprint density at radius 3 is 2.50 bits per heavy atom. The summed E-state index contributed by atoms with van der Waals surface area (Å²) in [5.74, 6) is 0.938. The first-order valence-electron chi connectivity index (χ1n) is 6.71. The monoisotopic (exact) mass is 279 g/mol. The van der Waals surface area contributed by atoms with Gasteiger partial charge in [0, 0.05) is 6.04 Å². The molecule has 2 rings (SSSR count). The molecule has 1 aliphatic carbocycles. The molecule has 1 saturated carbocycles. The summed E-state index contributed by atoms with van der Waals surface area (Å²) in [6.07, 6.45) is 2.17. The first-order chi connectivity index (χ1) is 9.59. The van der Waals surface area contributed by atoms with Gasteiger partial charge in [-0.3, -0.25) is 5.32 Å². The Labute approximate surface area is 119 Å². The average Bonchev–Trinajstić information content (AvgIpc) is 3.28. The third-order valence-corrected chi connectivity index (χ3v) is 3.32. The molecule has 5 nitrogen and oxygen atoms in total. The molecule has 20 heavy (non-hydrogen) atoms. The number of benzene rings is 1. The van der Waals surface area contributed by atoms with Crippen molar-refractivity contribution in [1.29, 1.82) is 0 Å². The molecule has 0 heterocycles. The van der Waals surface area contributed by atoms with Crippen molar-refractivity contribution in [1.82, 2.24) is 5.32 Å². The Kier molecular flexibility index (Phi) is 4.49. The Hall–Kier alpha value is -1.75. The largest absolute Gasteiger partial charge is 0.493 e. The van der Waals surface area contributed by atoms with E-state index in [1.165, 1.54) is 7.11 Å². The fraction of sp³-hybridized carbons (Fsp3) is 0.533. The molecule has 5 heteroatoms. The molecule has 0 aromatic heterocycles. The molecule has 0 radical (unpaired) electrons. The summed E-state index contributed by atoms with van der Waals surface area (Å²) in [4.78, 5) is 12.0. The van der Waals surface area contributed by atoms with Crippen molar-refractivity contribution in [3.8, 4) is 11.5 Å². The van der Waals surface area contributed by atoms with Gasteiger partial charge < -0.3 is 14.2 Å². The van der Waals surface area contributed by atoms with Gasteiger partial charge in [0.2, 0.25) is 0 Å². The van der Waals surface area contributed by atoms with Crippen molar-refractivity contribution in [2.45, 2.75) is 31.3 Å². The molecule has 0 spiro atoms. The summed E-state index contributed by atoms with van der Waals surface area (Å²) in [6, 6.07) is 7.74. The molecule has 0 aliphatic heterocycles. The number of hydrogen-bond acceptors (Lipinski definition) is 5. The lowest BCUT2D eigenvalue weighted by Gasteiger charge is -2.28. The predicted molar refractivity (Wildman–Crippen MR) is 75.1 cm³/mol. The number of para-hydroxylation sites is 2. The zero-order valence-corrected chi connectivity index (χ0v) is 12.1. The topological polar surface area (TPSA) is 56.8 Å². The van der Waals surface area contributed by atoms with Gasteiger partial charge >= 0.3 is 5.97 Å². The van der Waals surface area contributed by atoms with Gasteiger partial charge in [-0.15, -0.1) is 0 Å². The molecule has 1 aromatic carbocycles. The van der Waals surface area contributed by atoms with Gasteiger partial charge in [0.05, 0.1) is 14.2 Å². The van der Waals surface area contributed by atoms with E-state index in [0.717, 1.165) is 12.8 Å². The van der Waals surface area contributed by atoms with Crippen molar-refractivity contribution >= 4 is 5.97 Å². The Balaban J connectivity index is 2.05. The van der Waals surface area contributed by atoms with E-state index >= 15 is 0 Å². The van der Waals surface area contributed by atoms with Gasteiger partial charge in [-0.25, -0.2) is 4.79 Å². The fourth-order valence-electron chi connectivity index (χ4n) is 2.02. The molecule has 1 aromatic rings. The molecule has 1 atom stereocenters. The van der Waals surface area contributed by atoms with Crippen LogP contribution in [0.15, 0.2) is 24.3 Å². The van der Waals surface area contributed by atoms with E-state index in [1.807, 2.05) is 24.3 Å². The van der Waals surface area contributed by atoms with Gasteiger partial charge in [0.1, 0.15) is 12.1 Å². The molecule has 1 N–H and O–H groups in total. The van der Waals surface area contributed by atoms with E-state index in [2.05, 4.69) is 5.32 Å². The number of nitrogens with one attached hydrogen (secondary N) is 1. The number of carbonyl (C=O) groups excluding carboxylic acids is 1. The Morgan fingerprint density at radius 2 is 1.95 bits per heavy atom. The SMILES string of the molecule is COC(=O)C(C)(COc1ccccc1OC)NC1CC1. The van der Waals surface area contributed by atoms with Crippen molar-refractivity contribution in [3.05, 3.63) is 24.3 Å². The Morgan fingerprint density at radius 1 is 1.30 bits per heavy atom. The fourth-order valence-corrected chi connectivity index (χ4v) is 2.02. The van der Waals surface area contributed by atoms with Crippen LogP contribution >= 0.6 is 0 Å². The van der Waals surface area contributed by atoms with Crippen LogP contribution in [0.4, 0.5) is 0 Å². The molecule has 0 amide bonds. The summed E-state index contributed by atoms with van der Waals surface area (Å²) in [5, 5.41) is 3.29. The van der Waals surface area contributed by atoms with Crippen LogP contribution in [0.5, 0.6) is 11.5 Å². The summed E-state index contributed by atoms with van der Waals surface area (Å²) >= 11 is 0. The first kappa shape index (κ1) is 14.7. The highest BCUT2D eigenvalue weighted by Crippen LogP contribution is 2.28. The normalized spacial score (nSPS) is 17.1. The second-order valence-electron chi connectivity index (χ2n) is 5.18. The summed E-state index contributed by atoms with van der Waals surface area (Å²) in [6.45, 7) is 1.99. The lowest BCUT2D eigenvalue weighted by atomic mass is 10.0. The lowest BCUT2D eigenvalue weighted by Crippen LogP contribution is -2.55. The minimum Gasteiger partial charge on any atom is -0.493 e. The molecule has 1 fully saturated rings. The summed E-state index contributed by atoms with van der Waals surface area (Å²) in [5.41, 5.74) is -0.850. The van der Waals surface area contributed by atoms with Crippen LogP contribution in [-0.4, -0.2) is 38.4 Å². The van der Waals surface area contributed by atoms with Crippen LogP contribution in [0.3, 0.4) is 0 Å². The van der Waals surface area contributed by atoms with Crippen molar-refractivity contribution in [2.24, 2.45) is 0 Å². The highest BCUT2D eigenvalue weighted by atomic mass is 16.5. The highest BCUT2D eigenvalue weighted by molar-refractivity contribution is 5.80. The lowest BCUT2D eigenvalue weighted by molar-refractivity contribution is -0.149. The molecule has 1 unspecified atom stereocenters. The van der Waals surface area contributed by atoms with Gasteiger partial charge in [0.25, 0.3) is 0 Å². The second kappa shape index (κ2) is 6.13. The van der Waals surface area contributed by atoms with E-state index in [4.69, 9.17) is 14.2 Å². The maximum Gasteiger partial charge on any atom is 0.329 e. The zero-order valence-electron chi connectivity index (χ0n) is 12.1. The van der Waals surface area contributed by atoms with E-state index in [9.17, 15) is 4.79 Å². The van der Waals surface area contributed by atoms with E-state index < -0.39 is 5.54 Å². The van der Waals surface area contributed by atoms with Crippen molar-refractivity contribution < 1.29 is 19.0 Å². The Bertz CT molecular complexity index is 473. The molecule has 1 aliphatic rings. The standard InChI is InChI=1S/C15H21NO4/c1-15(14(17)19-3,16-11-8-9-11)10-20-13-7-5-4-6-12(13)18-2/h4-7,11,16H,8-10H2,1-3H3. The molecule has 0 saturated heterocycles. The minimum atomic E-state index is -0.850. The van der Waals surface area contributed by atoms with Crippen LogP contribution in [0.25, 0.3) is 0 Å². The van der Waals surface area contributed by atoms with Gasteiger partial charge in [0.15, 0.2) is 11.5 Å². The number of esters is 1. The third kappa shape index (κ3) is 3.42. The number of rotatable bonds is 7. The first-order valence-corrected chi connectivity index (χ1v) is 6.71. The smallest absolute Gasteiger partial charge is 0.329 e. The van der Waals surface area contributed by atoms with Crippen LogP contribution < -0.4 is 14.8 Å². The van der Waals surface area contributed by atoms with Gasteiger partial charge in [-0.05, 0) is 31.9 Å². The average molecular weight is 279 g/mol. The number of ether oxygens (including phenoxy) is 3. The van der Waals surface area contributed by atoms with Gasteiger partial charge in [-0.1, -0.05) is 12.1 Å². The molecule has 0 bridgehead atoms. The van der Waals surface area contributed by atoms with Crippen LogP contribution in [0, 0.1) is 0 Å². The minimum absolute atomic E-state index is 0.191. The van der Waals surface area contributed by atoms with Crippen molar-refractivity contribution in [2.75, 3.05) is 20.8 Å². The van der Waals surface area contributed by atoms with Crippen LogP contribution in [0.2, 0.25) is 0 Å².